The molecule has 1 N–H and O–H groups in total. The van der Waals surface area contributed by atoms with Gasteiger partial charge in [0.25, 0.3) is 0 Å². The van der Waals surface area contributed by atoms with Crippen LogP contribution in [0.4, 0.5) is 0 Å². The minimum Gasteiger partial charge on any atom is -0.309 e. The summed E-state index contributed by atoms with van der Waals surface area (Å²) in [4.78, 5) is 5.89. The molecule has 0 atom stereocenters. The first-order valence-corrected chi connectivity index (χ1v) is 8.25. The summed E-state index contributed by atoms with van der Waals surface area (Å²) in [5, 5.41) is 13.0. The Balaban J connectivity index is 1.47. The quantitative estimate of drug-likeness (QED) is 0.711. The predicted octanol–water partition coefficient (Wildman–Crippen LogP) is 3.17. The second-order valence-corrected chi connectivity index (χ2v) is 6.38. The van der Waals surface area contributed by atoms with Gasteiger partial charge in [-0.25, -0.2) is 4.98 Å². The third kappa shape index (κ3) is 3.33. The topological polar surface area (TPSA) is 42.7 Å². The van der Waals surface area contributed by atoms with Gasteiger partial charge < -0.3 is 5.32 Å². The number of thiophene rings is 1. The molecule has 3 aromatic rings. The maximum absolute atomic E-state index is 4.65. The molecule has 0 saturated heterocycles. The van der Waals surface area contributed by atoms with Crippen molar-refractivity contribution in [2.45, 2.75) is 20.0 Å². The van der Waals surface area contributed by atoms with Crippen molar-refractivity contribution in [1.82, 2.24) is 20.1 Å². The Kier molecular flexibility index (Phi) is 4.25. The van der Waals surface area contributed by atoms with Crippen LogP contribution in [0.3, 0.4) is 0 Å². The van der Waals surface area contributed by atoms with Gasteiger partial charge in [0, 0.05) is 24.7 Å². The van der Waals surface area contributed by atoms with Gasteiger partial charge in [-0.3, -0.25) is 4.68 Å². The fraction of sp³-hybridized carbons (Fsp3) is 0.286. The van der Waals surface area contributed by atoms with E-state index in [0.29, 0.717) is 0 Å². The van der Waals surface area contributed by atoms with Gasteiger partial charge in [0.1, 0.15) is 5.01 Å². The lowest BCUT2D eigenvalue weighted by Crippen LogP contribution is -2.19. The van der Waals surface area contributed by atoms with Gasteiger partial charge in [0.05, 0.1) is 23.3 Å². The number of aromatic nitrogens is 3. The number of hydrogen-bond acceptors (Lipinski definition) is 5. The minimum absolute atomic E-state index is 0.808. The maximum atomic E-state index is 4.65. The minimum atomic E-state index is 0.808. The van der Waals surface area contributed by atoms with E-state index in [-0.39, 0.29) is 0 Å². The van der Waals surface area contributed by atoms with Gasteiger partial charge in [-0.05, 0) is 23.9 Å². The van der Waals surface area contributed by atoms with Gasteiger partial charge in [-0.1, -0.05) is 6.07 Å². The van der Waals surface area contributed by atoms with Crippen LogP contribution < -0.4 is 5.32 Å². The second-order valence-electron chi connectivity index (χ2n) is 4.58. The summed E-state index contributed by atoms with van der Waals surface area (Å²) in [6.45, 7) is 4.64. The van der Waals surface area contributed by atoms with E-state index in [1.165, 1.54) is 10.4 Å². The van der Waals surface area contributed by atoms with E-state index in [9.17, 15) is 0 Å². The normalized spacial score (nSPS) is 11.1. The molecule has 0 aliphatic heterocycles. The summed E-state index contributed by atoms with van der Waals surface area (Å²) in [6.07, 6.45) is 3.94. The molecule has 0 aliphatic carbocycles. The number of rotatable bonds is 6. The highest BCUT2D eigenvalue weighted by molar-refractivity contribution is 7.20. The number of nitrogens with one attached hydrogen (secondary N) is 1. The summed E-state index contributed by atoms with van der Waals surface area (Å²) in [5.41, 5.74) is 2.31. The Morgan fingerprint density at radius 2 is 2.30 bits per heavy atom. The molecule has 0 aliphatic rings. The van der Waals surface area contributed by atoms with Crippen molar-refractivity contribution in [3.63, 3.8) is 0 Å². The number of thiazole rings is 1. The molecular weight excluding hydrogens is 288 g/mol. The van der Waals surface area contributed by atoms with Gasteiger partial charge in [0.2, 0.25) is 0 Å². The van der Waals surface area contributed by atoms with Crippen molar-refractivity contribution in [2.75, 3.05) is 6.54 Å². The van der Waals surface area contributed by atoms with Crippen molar-refractivity contribution in [3.05, 3.63) is 46.5 Å². The van der Waals surface area contributed by atoms with Crippen molar-refractivity contribution < 1.29 is 0 Å². The Bertz CT molecular complexity index is 654. The first kappa shape index (κ1) is 13.5. The van der Waals surface area contributed by atoms with Crippen LogP contribution >= 0.6 is 22.7 Å². The Morgan fingerprint density at radius 3 is 3.05 bits per heavy atom. The van der Waals surface area contributed by atoms with Crippen LogP contribution in [-0.4, -0.2) is 21.3 Å². The lowest BCUT2D eigenvalue weighted by Gasteiger charge is -2.02. The molecule has 3 rings (SSSR count). The molecule has 0 bridgehead atoms. The zero-order valence-electron chi connectivity index (χ0n) is 11.2. The van der Waals surface area contributed by atoms with Crippen LogP contribution in [0.15, 0.2) is 35.3 Å². The molecule has 104 valence electrons. The maximum Gasteiger partial charge on any atom is 0.133 e. The van der Waals surface area contributed by atoms with Crippen LogP contribution in [0.5, 0.6) is 0 Å². The molecule has 0 unspecified atom stereocenters. The average Bonchev–Trinajstić information content (AvgIpc) is 3.16. The van der Waals surface area contributed by atoms with Gasteiger partial charge >= 0.3 is 0 Å². The van der Waals surface area contributed by atoms with E-state index < -0.39 is 0 Å². The molecule has 3 heterocycles. The smallest absolute Gasteiger partial charge is 0.133 e. The van der Waals surface area contributed by atoms with Crippen molar-refractivity contribution >= 4 is 22.7 Å². The number of nitrogens with zero attached hydrogens (tertiary/aromatic N) is 3. The monoisotopic (exact) mass is 304 g/mol. The summed E-state index contributed by atoms with van der Waals surface area (Å²) >= 11 is 3.44. The summed E-state index contributed by atoms with van der Waals surface area (Å²) in [6, 6.07) is 4.17. The Labute approximate surface area is 126 Å². The standard InChI is InChI=1S/C14H16N4S2/c1-11-7-16-18(9-11)5-4-15-8-12-10-20-14(17-12)13-3-2-6-19-13/h2-3,6-7,9-10,15H,4-5,8H2,1H3. The molecular formula is C14H16N4S2. The van der Waals surface area contributed by atoms with Crippen molar-refractivity contribution in [2.24, 2.45) is 0 Å². The molecule has 0 spiro atoms. The molecule has 0 saturated carbocycles. The highest BCUT2D eigenvalue weighted by atomic mass is 32.1. The lowest BCUT2D eigenvalue weighted by atomic mass is 10.4. The molecule has 0 fully saturated rings. The average molecular weight is 304 g/mol. The SMILES string of the molecule is Cc1cnn(CCNCc2csc(-c3cccs3)n2)c1. The third-order valence-corrected chi connectivity index (χ3v) is 4.80. The van der Waals surface area contributed by atoms with Gasteiger partial charge in [0.15, 0.2) is 0 Å². The molecule has 20 heavy (non-hydrogen) atoms. The molecule has 0 aromatic carbocycles. The Hall–Kier alpha value is -1.50. The summed E-state index contributed by atoms with van der Waals surface area (Å²) in [7, 11) is 0. The second kappa shape index (κ2) is 6.30. The fourth-order valence-electron chi connectivity index (χ4n) is 1.90. The van der Waals surface area contributed by atoms with Gasteiger partial charge in [-0.2, -0.15) is 5.10 Å². The summed E-state index contributed by atoms with van der Waals surface area (Å²) in [5.74, 6) is 0. The van der Waals surface area contributed by atoms with E-state index in [0.717, 1.165) is 30.3 Å². The first-order chi connectivity index (χ1) is 9.81. The van der Waals surface area contributed by atoms with Crippen LogP contribution in [0.2, 0.25) is 0 Å². The third-order valence-electron chi connectivity index (χ3n) is 2.87. The van der Waals surface area contributed by atoms with E-state index >= 15 is 0 Å². The molecule has 3 aromatic heterocycles. The molecule has 4 nitrogen and oxygen atoms in total. The van der Waals surface area contributed by atoms with Crippen LogP contribution in [0.25, 0.3) is 9.88 Å². The molecule has 0 amide bonds. The number of aryl methyl sites for hydroxylation is 1. The number of hydrogen-bond donors (Lipinski definition) is 1. The zero-order valence-corrected chi connectivity index (χ0v) is 12.9. The largest absolute Gasteiger partial charge is 0.309 e. The lowest BCUT2D eigenvalue weighted by molar-refractivity contribution is 0.552. The molecule has 6 heteroatoms. The van der Waals surface area contributed by atoms with E-state index in [4.69, 9.17) is 0 Å². The first-order valence-electron chi connectivity index (χ1n) is 6.49. The zero-order chi connectivity index (χ0) is 13.8. The molecule has 0 radical (unpaired) electrons. The van der Waals surface area contributed by atoms with Crippen molar-refractivity contribution in [3.8, 4) is 9.88 Å². The van der Waals surface area contributed by atoms with E-state index in [2.05, 4.69) is 51.4 Å². The van der Waals surface area contributed by atoms with Crippen LogP contribution in [0, 0.1) is 6.92 Å². The summed E-state index contributed by atoms with van der Waals surface area (Å²) < 4.78 is 1.96. The van der Waals surface area contributed by atoms with Gasteiger partial charge in [-0.15, -0.1) is 22.7 Å². The predicted molar refractivity (Wildman–Crippen MR) is 84.1 cm³/mol. The highest BCUT2D eigenvalue weighted by Crippen LogP contribution is 2.27. The van der Waals surface area contributed by atoms with Crippen molar-refractivity contribution in [1.29, 1.82) is 0 Å². The van der Waals surface area contributed by atoms with E-state index in [1.807, 2.05) is 10.9 Å². The van der Waals surface area contributed by atoms with Crippen LogP contribution in [-0.2, 0) is 13.1 Å². The fourth-order valence-corrected chi connectivity index (χ4v) is 3.53. The van der Waals surface area contributed by atoms with Crippen LogP contribution in [0.1, 0.15) is 11.3 Å². The highest BCUT2D eigenvalue weighted by Gasteiger charge is 2.05. The van der Waals surface area contributed by atoms with E-state index in [1.54, 1.807) is 22.7 Å². The Morgan fingerprint density at radius 1 is 1.35 bits per heavy atom.